The first-order valence-electron chi connectivity index (χ1n) is 5.20. The molecule has 0 saturated heterocycles. The minimum atomic E-state index is -0.0301. The van der Waals surface area contributed by atoms with E-state index < -0.39 is 0 Å². The maximum Gasteiger partial charge on any atom is 0.250 e. The van der Waals surface area contributed by atoms with Crippen molar-refractivity contribution in [2.75, 3.05) is 0 Å². The van der Waals surface area contributed by atoms with Gasteiger partial charge in [-0.05, 0) is 26.8 Å². The third kappa shape index (κ3) is 1.69. The molecule has 5 heteroatoms. The van der Waals surface area contributed by atoms with Crippen LogP contribution in [0.1, 0.15) is 29.9 Å². The number of nitrogens with zero attached hydrogens (tertiary/aromatic N) is 4. The van der Waals surface area contributed by atoms with Crippen molar-refractivity contribution in [2.45, 2.75) is 26.8 Å². The van der Waals surface area contributed by atoms with Crippen LogP contribution in [0.25, 0.3) is 5.95 Å². The minimum absolute atomic E-state index is 0.0301. The lowest BCUT2D eigenvalue weighted by Crippen LogP contribution is -2.08. The molecule has 0 aliphatic carbocycles. The van der Waals surface area contributed by atoms with Gasteiger partial charge in [0.1, 0.15) is 0 Å². The van der Waals surface area contributed by atoms with Gasteiger partial charge in [0.05, 0.1) is 5.69 Å². The predicted octanol–water partition coefficient (Wildman–Crippen LogP) is 1.30. The Labute approximate surface area is 94.3 Å². The van der Waals surface area contributed by atoms with Gasteiger partial charge in [-0.2, -0.15) is 5.10 Å². The van der Waals surface area contributed by atoms with Crippen LogP contribution in [0.2, 0.25) is 0 Å². The summed E-state index contributed by atoms with van der Waals surface area (Å²) in [6.07, 6.45) is 3.40. The lowest BCUT2D eigenvalue weighted by atomic mass is 10.1. The first-order chi connectivity index (χ1) is 7.61. The van der Waals surface area contributed by atoms with Gasteiger partial charge < -0.3 is 5.73 Å². The Morgan fingerprint density at radius 1 is 1.25 bits per heavy atom. The highest BCUT2D eigenvalue weighted by Gasteiger charge is 2.16. The molecule has 2 heterocycles. The van der Waals surface area contributed by atoms with Crippen molar-refractivity contribution < 1.29 is 0 Å². The van der Waals surface area contributed by atoms with Gasteiger partial charge in [0.15, 0.2) is 0 Å². The highest BCUT2D eigenvalue weighted by Crippen LogP contribution is 2.20. The highest BCUT2D eigenvalue weighted by molar-refractivity contribution is 5.31. The average Bonchev–Trinajstić information content (AvgIpc) is 2.55. The maximum atomic E-state index is 5.91. The summed E-state index contributed by atoms with van der Waals surface area (Å²) in [5, 5.41) is 4.41. The molecule has 16 heavy (non-hydrogen) atoms. The quantitative estimate of drug-likeness (QED) is 0.823. The molecule has 0 fully saturated rings. The monoisotopic (exact) mass is 217 g/mol. The van der Waals surface area contributed by atoms with Crippen LogP contribution in [0, 0.1) is 13.8 Å². The molecule has 0 amide bonds. The van der Waals surface area contributed by atoms with E-state index in [-0.39, 0.29) is 6.04 Å². The zero-order chi connectivity index (χ0) is 11.7. The maximum absolute atomic E-state index is 5.91. The molecule has 0 bridgehead atoms. The van der Waals surface area contributed by atoms with Crippen molar-refractivity contribution in [1.29, 1.82) is 0 Å². The molecule has 2 aromatic heterocycles. The second kappa shape index (κ2) is 4.02. The molecule has 2 N–H and O–H groups in total. The van der Waals surface area contributed by atoms with Crippen LogP contribution < -0.4 is 5.73 Å². The number of hydrogen-bond donors (Lipinski definition) is 1. The molecule has 2 aromatic rings. The first kappa shape index (κ1) is 10.8. The molecule has 5 nitrogen and oxygen atoms in total. The highest BCUT2D eigenvalue weighted by atomic mass is 15.4. The Balaban J connectivity index is 2.56. The van der Waals surface area contributed by atoms with Gasteiger partial charge in [0, 0.05) is 29.7 Å². The van der Waals surface area contributed by atoms with Crippen LogP contribution in [0.4, 0.5) is 0 Å². The van der Waals surface area contributed by atoms with E-state index in [0.717, 1.165) is 17.0 Å². The van der Waals surface area contributed by atoms with Gasteiger partial charge >= 0.3 is 0 Å². The third-order valence-corrected chi connectivity index (χ3v) is 2.54. The molecule has 2 rings (SSSR count). The molecular weight excluding hydrogens is 202 g/mol. The second-order valence-corrected chi connectivity index (χ2v) is 3.83. The molecule has 0 radical (unpaired) electrons. The van der Waals surface area contributed by atoms with Crippen LogP contribution in [-0.2, 0) is 0 Å². The largest absolute Gasteiger partial charge is 0.324 e. The Morgan fingerprint density at radius 2 is 1.88 bits per heavy atom. The van der Waals surface area contributed by atoms with E-state index in [1.807, 2.05) is 20.8 Å². The summed E-state index contributed by atoms with van der Waals surface area (Å²) in [6.45, 7) is 5.88. The third-order valence-electron chi connectivity index (χ3n) is 2.54. The molecule has 0 aliphatic heterocycles. The number of hydrogen-bond acceptors (Lipinski definition) is 4. The fourth-order valence-corrected chi connectivity index (χ4v) is 1.91. The molecule has 1 unspecified atom stereocenters. The van der Waals surface area contributed by atoms with E-state index >= 15 is 0 Å². The summed E-state index contributed by atoms with van der Waals surface area (Å²) >= 11 is 0. The van der Waals surface area contributed by atoms with Crippen molar-refractivity contribution >= 4 is 0 Å². The zero-order valence-corrected chi connectivity index (χ0v) is 9.68. The molecule has 0 aromatic carbocycles. The Hall–Kier alpha value is -1.75. The van der Waals surface area contributed by atoms with E-state index in [2.05, 4.69) is 15.1 Å². The van der Waals surface area contributed by atoms with Gasteiger partial charge in [-0.3, -0.25) is 0 Å². The normalized spacial score (nSPS) is 12.8. The van der Waals surface area contributed by atoms with Crippen molar-refractivity contribution in [3.63, 3.8) is 0 Å². The summed E-state index contributed by atoms with van der Waals surface area (Å²) in [7, 11) is 0. The second-order valence-electron chi connectivity index (χ2n) is 3.83. The SMILES string of the molecule is Cc1nn(-c2ncccn2)c(C)c1C(C)N. The van der Waals surface area contributed by atoms with Gasteiger partial charge in [0.25, 0.3) is 5.95 Å². The first-order valence-corrected chi connectivity index (χ1v) is 5.20. The van der Waals surface area contributed by atoms with Gasteiger partial charge in [0.2, 0.25) is 0 Å². The number of aryl methyl sites for hydroxylation is 1. The van der Waals surface area contributed by atoms with Gasteiger partial charge in [-0.1, -0.05) is 0 Å². The zero-order valence-electron chi connectivity index (χ0n) is 9.68. The van der Waals surface area contributed by atoms with Crippen molar-refractivity contribution in [3.05, 3.63) is 35.4 Å². The van der Waals surface area contributed by atoms with Crippen molar-refractivity contribution in [1.82, 2.24) is 19.7 Å². The van der Waals surface area contributed by atoms with E-state index in [0.29, 0.717) is 5.95 Å². The molecule has 0 aliphatic rings. The number of aromatic nitrogens is 4. The summed E-state index contributed by atoms with van der Waals surface area (Å²) < 4.78 is 1.73. The summed E-state index contributed by atoms with van der Waals surface area (Å²) in [5.74, 6) is 0.579. The molecule has 0 saturated carbocycles. The molecule has 1 atom stereocenters. The lowest BCUT2D eigenvalue weighted by Gasteiger charge is -2.05. The Morgan fingerprint density at radius 3 is 2.38 bits per heavy atom. The molecular formula is C11H15N5. The molecule has 84 valence electrons. The summed E-state index contributed by atoms with van der Waals surface area (Å²) in [5.41, 5.74) is 8.90. The van der Waals surface area contributed by atoms with E-state index in [1.165, 1.54) is 0 Å². The fraction of sp³-hybridized carbons (Fsp3) is 0.364. The number of nitrogens with two attached hydrogens (primary N) is 1. The van der Waals surface area contributed by atoms with Crippen molar-refractivity contribution in [2.24, 2.45) is 5.73 Å². The standard InChI is InChI=1S/C11H15N5/c1-7(12)10-8(2)15-16(9(10)3)11-13-5-4-6-14-11/h4-7H,12H2,1-3H3. The topological polar surface area (TPSA) is 69.6 Å². The smallest absolute Gasteiger partial charge is 0.250 e. The van der Waals surface area contributed by atoms with Gasteiger partial charge in [-0.25, -0.2) is 14.6 Å². The van der Waals surface area contributed by atoms with Crippen molar-refractivity contribution in [3.8, 4) is 5.95 Å². The average molecular weight is 217 g/mol. The van der Waals surface area contributed by atoms with Crippen LogP contribution in [-0.4, -0.2) is 19.7 Å². The molecule has 0 spiro atoms. The summed E-state index contributed by atoms with van der Waals surface area (Å²) in [6, 6.07) is 1.75. The van der Waals surface area contributed by atoms with Gasteiger partial charge in [-0.15, -0.1) is 0 Å². The van der Waals surface area contributed by atoms with Crippen LogP contribution in [0.15, 0.2) is 18.5 Å². The Kier molecular flexibility index (Phi) is 2.70. The minimum Gasteiger partial charge on any atom is -0.324 e. The van der Waals surface area contributed by atoms with E-state index in [4.69, 9.17) is 5.73 Å². The number of rotatable bonds is 2. The van der Waals surface area contributed by atoms with E-state index in [1.54, 1.807) is 23.1 Å². The summed E-state index contributed by atoms with van der Waals surface area (Å²) in [4.78, 5) is 8.34. The van der Waals surface area contributed by atoms with Crippen LogP contribution in [0.5, 0.6) is 0 Å². The lowest BCUT2D eigenvalue weighted by molar-refractivity contribution is 0.765. The predicted molar refractivity (Wildman–Crippen MR) is 61.2 cm³/mol. The van der Waals surface area contributed by atoms with E-state index in [9.17, 15) is 0 Å². The fourth-order valence-electron chi connectivity index (χ4n) is 1.91. The van der Waals surface area contributed by atoms with Crippen LogP contribution in [0.3, 0.4) is 0 Å². The van der Waals surface area contributed by atoms with Crippen LogP contribution >= 0.6 is 0 Å². The Bertz CT molecular complexity index is 487.